The molecule has 0 bridgehead atoms. The molecule has 0 unspecified atom stereocenters. The van der Waals surface area contributed by atoms with E-state index in [-0.39, 0.29) is 5.91 Å². The van der Waals surface area contributed by atoms with Gasteiger partial charge in [0.25, 0.3) is 5.91 Å². The van der Waals surface area contributed by atoms with Crippen LogP contribution in [0.4, 0.5) is 18.9 Å². The number of hydrogen-bond donors (Lipinski definition) is 1. The lowest BCUT2D eigenvalue weighted by Gasteiger charge is -2.10. The van der Waals surface area contributed by atoms with Crippen LogP contribution in [0.25, 0.3) is 0 Å². The lowest BCUT2D eigenvalue weighted by Crippen LogP contribution is -2.13. The molecule has 110 valence electrons. The number of carbonyl (C=O) groups is 1. The molecule has 2 nitrogen and oxygen atoms in total. The van der Waals surface area contributed by atoms with Gasteiger partial charge in [-0.1, -0.05) is 22.0 Å². The Bertz CT molecular complexity index is 666. The van der Waals surface area contributed by atoms with Crippen LogP contribution in [0, 0.1) is 6.92 Å². The number of benzene rings is 2. The minimum atomic E-state index is -4.39. The first-order valence-corrected chi connectivity index (χ1v) is 6.81. The molecule has 2 rings (SSSR count). The summed E-state index contributed by atoms with van der Waals surface area (Å²) in [5, 5.41) is 2.58. The summed E-state index contributed by atoms with van der Waals surface area (Å²) in [5.41, 5.74) is 0.804. The van der Waals surface area contributed by atoms with Crippen LogP contribution >= 0.6 is 15.9 Å². The minimum Gasteiger partial charge on any atom is -0.322 e. The van der Waals surface area contributed by atoms with Gasteiger partial charge in [-0.05, 0) is 48.9 Å². The Balaban J connectivity index is 2.18. The molecule has 0 radical (unpaired) electrons. The van der Waals surface area contributed by atoms with Crippen LogP contribution in [0.15, 0.2) is 46.9 Å². The number of aryl methyl sites for hydroxylation is 1. The Labute approximate surface area is 128 Å². The summed E-state index contributed by atoms with van der Waals surface area (Å²) in [6, 6.07) is 9.58. The highest BCUT2D eigenvalue weighted by atomic mass is 79.9. The predicted octanol–water partition coefficient (Wildman–Crippen LogP) is 5.03. The van der Waals surface area contributed by atoms with E-state index in [4.69, 9.17) is 0 Å². The number of carbonyl (C=O) groups excluding carboxylic acids is 1. The van der Waals surface area contributed by atoms with Crippen LogP contribution < -0.4 is 5.32 Å². The number of nitrogens with one attached hydrogen (secondary N) is 1. The average Bonchev–Trinajstić information content (AvgIpc) is 2.41. The molecule has 1 N–H and O–H groups in total. The van der Waals surface area contributed by atoms with Crippen molar-refractivity contribution in [2.24, 2.45) is 0 Å². The van der Waals surface area contributed by atoms with E-state index in [2.05, 4.69) is 21.2 Å². The molecule has 0 saturated heterocycles. The van der Waals surface area contributed by atoms with Crippen LogP contribution in [0.2, 0.25) is 0 Å². The fourth-order valence-corrected chi connectivity index (χ4v) is 2.14. The van der Waals surface area contributed by atoms with E-state index >= 15 is 0 Å². The van der Waals surface area contributed by atoms with E-state index in [1.165, 1.54) is 12.1 Å². The van der Waals surface area contributed by atoms with Crippen molar-refractivity contribution in [1.82, 2.24) is 0 Å². The second-order valence-electron chi connectivity index (χ2n) is 4.49. The van der Waals surface area contributed by atoms with Crippen LogP contribution in [0.3, 0.4) is 0 Å². The Kier molecular flexibility index (Phi) is 4.37. The van der Waals surface area contributed by atoms with E-state index in [1.54, 1.807) is 19.1 Å². The predicted molar refractivity (Wildman–Crippen MR) is 78.3 cm³/mol. The van der Waals surface area contributed by atoms with Crippen molar-refractivity contribution >= 4 is 27.5 Å². The number of rotatable bonds is 2. The van der Waals surface area contributed by atoms with Crippen LogP contribution in [0.1, 0.15) is 21.5 Å². The molecule has 1 amide bonds. The SMILES string of the molecule is Cc1ccc(Br)cc1C(=O)Nc1ccc(C(F)(F)F)cc1. The first-order valence-electron chi connectivity index (χ1n) is 6.02. The van der Waals surface area contributed by atoms with Crippen molar-refractivity contribution in [1.29, 1.82) is 0 Å². The summed E-state index contributed by atoms with van der Waals surface area (Å²) in [6.07, 6.45) is -4.39. The number of alkyl halides is 3. The Morgan fingerprint density at radius 2 is 1.71 bits per heavy atom. The van der Waals surface area contributed by atoms with Crippen molar-refractivity contribution in [3.63, 3.8) is 0 Å². The van der Waals surface area contributed by atoms with Gasteiger partial charge in [-0.2, -0.15) is 13.2 Å². The highest BCUT2D eigenvalue weighted by Crippen LogP contribution is 2.30. The normalized spacial score (nSPS) is 11.3. The smallest absolute Gasteiger partial charge is 0.322 e. The maximum atomic E-state index is 12.5. The van der Waals surface area contributed by atoms with Gasteiger partial charge in [0.05, 0.1) is 5.56 Å². The van der Waals surface area contributed by atoms with Gasteiger partial charge < -0.3 is 5.32 Å². The molecule has 21 heavy (non-hydrogen) atoms. The van der Waals surface area contributed by atoms with E-state index < -0.39 is 11.7 Å². The third kappa shape index (κ3) is 3.85. The molecule has 2 aromatic carbocycles. The Hall–Kier alpha value is -1.82. The molecule has 0 spiro atoms. The molecule has 0 saturated carbocycles. The Morgan fingerprint density at radius 1 is 1.10 bits per heavy atom. The van der Waals surface area contributed by atoms with E-state index in [9.17, 15) is 18.0 Å². The van der Waals surface area contributed by atoms with Crippen molar-refractivity contribution < 1.29 is 18.0 Å². The molecular formula is C15H11BrF3NO. The second-order valence-corrected chi connectivity index (χ2v) is 5.40. The summed E-state index contributed by atoms with van der Waals surface area (Å²) < 4.78 is 38.1. The summed E-state index contributed by atoms with van der Waals surface area (Å²) in [5.74, 6) is -0.367. The number of anilines is 1. The summed E-state index contributed by atoms with van der Waals surface area (Å²) in [4.78, 5) is 12.1. The zero-order chi connectivity index (χ0) is 15.6. The summed E-state index contributed by atoms with van der Waals surface area (Å²) >= 11 is 3.28. The molecule has 0 atom stereocenters. The molecule has 0 aromatic heterocycles. The molecule has 0 heterocycles. The monoisotopic (exact) mass is 357 g/mol. The number of amides is 1. The third-order valence-corrected chi connectivity index (χ3v) is 3.41. The van der Waals surface area contributed by atoms with Gasteiger partial charge in [0.1, 0.15) is 0 Å². The zero-order valence-corrected chi connectivity index (χ0v) is 12.5. The first kappa shape index (κ1) is 15.6. The van der Waals surface area contributed by atoms with Gasteiger partial charge in [0, 0.05) is 15.7 Å². The Morgan fingerprint density at radius 3 is 2.29 bits per heavy atom. The molecule has 6 heteroatoms. The van der Waals surface area contributed by atoms with Gasteiger partial charge in [0.15, 0.2) is 0 Å². The van der Waals surface area contributed by atoms with Crippen molar-refractivity contribution in [3.8, 4) is 0 Å². The van der Waals surface area contributed by atoms with Gasteiger partial charge in [-0.15, -0.1) is 0 Å². The molecule has 0 fully saturated rings. The fraction of sp³-hybridized carbons (Fsp3) is 0.133. The molecular weight excluding hydrogens is 347 g/mol. The van der Waals surface area contributed by atoms with Gasteiger partial charge in [-0.3, -0.25) is 4.79 Å². The molecule has 2 aromatic rings. The average molecular weight is 358 g/mol. The van der Waals surface area contributed by atoms with Crippen LogP contribution in [-0.2, 0) is 6.18 Å². The largest absolute Gasteiger partial charge is 0.416 e. The van der Waals surface area contributed by atoms with E-state index in [1.807, 2.05) is 6.07 Å². The summed E-state index contributed by atoms with van der Waals surface area (Å²) in [6.45, 7) is 1.79. The maximum absolute atomic E-state index is 12.5. The summed E-state index contributed by atoms with van der Waals surface area (Å²) in [7, 11) is 0. The van der Waals surface area contributed by atoms with Crippen molar-refractivity contribution in [3.05, 3.63) is 63.6 Å². The zero-order valence-electron chi connectivity index (χ0n) is 11.0. The van der Waals surface area contributed by atoms with Gasteiger partial charge in [-0.25, -0.2) is 0 Å². The van der Waals surface area contributed by atoms with Crippen LogP contribution in [0.5, 0.6) is 0 Å². The van der Waals surface area contributed by atoms with Gasteiger partial charge >= 0.3 is 6.18 Å². The lowest BCUT2D eigenvalue weighted by molar-refractivity contribution is -0.137. The third-order valence-electron chi connectivity index (χ3n) is 2.91. The number of halogens is 4. The highest BCUT2D eigenvalue weighted by molar-refractivity contribution is 9.10. The van der Waals surface area contributed by atoms with Gasteiger partial charge in [0.2, 0.25) is 0 Å². The second kappa shape index (κ2) is 5.89. The highest BCUT2D eigenvalue weighted by Gasteiger charge is 2.30. The standard InChI is InChI=1S/C15H11BrF3NO/c1-9-2-5-11(16)8-13(9)14(21)20-12-6-3-10(4-7-12)15(17,18)19/h2-8H,1H3,(H,20,21). The van der Waals surface area contributed by atoms with E-state index in [0.29, 0.717) is 11.3 Å². The van der Waals surface area contributed by atoms with Crippen molar-refractivity contribution in [2.75, 3.05) is 5.32 Å². The first-order chi connectivity index (χ1) is 9.77. The van der Waals surface area contributed by atoms with Crippen LogP contribution in [-0.4, -0.2) is 5.91 Å². The molecule has 0 aliphatic heterocycles. The molecule has 0 aliphatic carbocycles. The van der Waals surface area contributed by atoms with E-state index in [0.717, 1.165) is 22.2 Å². The topological polar surface area (TPSA) is 29.1 Å². The fourth-order valence-electron chi connectivity index (χ4n) is 1.78. The maximum Gasteiger partial charge on any atom is 0.416 e. The number of hydrogen-bond acceptors (Lipinski definition) is 1. The quantitative estimate of drug-likeness (QED) is 0.802. The molecule has 0 aliphatic rings. The lowest BCUT2D eigenvalue weighted by atomic mass is 10.1. The van der Waals surface area contributed by atoms with Crippen molar-refractivity contribution in [2.45, 2.75) is 13.1 Å². The minimum absolute atomic E-state index is 0.312.